The fraction of sp³-hybridized carbons (Fsp3) is 0. The van der Waals surface area contributed by atoms with E-state index in [0.29, 0.717) is 11.3 Å². The molecule has 0 saturated heterocycles. The van der Waals surface area contributed by atoms with Gasteiger partial charge in [-0.1, -0.05) is 41.4 Å². The van der Waals surface area contributed by atoms with E-state index in [1.807, 2.05) is 6.07 Å². The Morgan fingerprint density at radius 3 is 2.32 bits per heavy atom. The highest BCUT2D eigenvalue weighted by molar-refractivity contribution is 6.36. The van der Waals surface area contributed by atoms with Crippen LogP contribution in [0.25, 0.3) is 22.9 Å². The van der Waals surface area contributed by atoms with Crippen LogP contribution in [0, 0.1) is 11.6 Å². The van der Waals surface area contributed by atoms with E-state index in [1.54, 1.807) is 24.3 Å². The highest BCUT2D eigenvalue weighted by Gasteiger charge is 2.17. The van der Waals surface area contributed by atoms with Gasteiger partial charge >= 0.3 is 0 Å². The molecule has 0 atom stereocenters. The third kappa shape index (κ3) is 3.69. The van der Waals surface area contributed by atoms with Crippen molar-refractivity contribution in [2.75, 3.05) is 0 Å². The lowest BCUT2D eigenvalue weighted by Crippen LogP contribution is -1.89. The molecule has 0 aliphatic carbocycles. The first-order valence-corrected chi connectivity index (χ1v) is 8.78. The molecule has 3 aromatic carbocycles. The topological polar surface area (TPSA) is 48.2 Å². The minimum Gasteiger partial charge on any atom is -0.454 e. The largest absolute Gasteiger partial charge is 0.454 e. The molecule has 0 fully saturated rings. The molecule has 4 rings (SSSR count). The van der Waals surface area contributed by atoms with E-state index in [0.717, 1.165) is 6.07 Å². The van der Waals surface area contributed by atoms with Crippen LogP contribution in [0.2, 0.25) is 10.0 Å². The summed E-state index contributed by atoms with van der Waals surface area (Å²) in [6.07, 6.45) is 0. The molecule has 0 aliphatic rings. The number of nitrogens with zero attached hydrogens (tertiary/aromatic N) is 2. The van der Waals surface area contributed by atoms with E-state index in [-0.39, 0.29) is 33.1 Å². The van der Waals surface area contributed by atoms with Gasteiger partial charge in [0.1, 0.15) is 11.6 Å². The second-order valence-corrected chi connectivity index (χ2v) is 6.53. The number of benzene rings is 3. The Bertz CT molecular complexity index is 1150. The van der Waals surface area contributed by atoms with E-state index in [9.17, 15) is 8.78 Å². The van der Waals surface area contributed by atoms with E-state index >= 15 is 0 Å². The first-order valence-electron chi connectivity index (χ1n) is 8.02. The Morgan fingerprint density at radius 2 is 1.54 bits per heavy atom. The van der Waals surface area contributed by atoms with Crippen molar-refractivity contribution in [2.45, 2.75) is 0 Å². The van der Waals surface area contributed by atoms with Gasteiger partial charge in [-0.2, -0.15) is 0 Å². The second-order valence-electron chi connectivity index (χ2n) is 5.72. The standard InChI is InChI=1S/C20H10Cl2F2N2O2/c21-14-10-15(22)17(24)9-13(14)20-26-25-19(28-20)11-6-7-16(23)18(8-11)27-12-4-2-1-3-5-12/h1-10H. The summed E-state index contributed by atoms with van der Waals surface area (Å²) < 4.78 is 39.0. The Balaban J connectivity index is 1.68. The van der Waals surface area contributed by atoms with Crippen molar-refractivity contribution in [2.24, 2.45) is 0 Å². The van der Waals surface area contributed by atoms with Crippen LogP contribution in [-0.2, 0) is 0 Å². The van der Waals surface area contributed by atoms with Gasteiger partial charge in [0.15, 0.2) is 11.6 Å². The lowest BCUT2D eigenvalue weighted by Gasteiger charge is -2.07. The van der Waals surface area contributed by atoms with Gasteiger partial charge in [0, 0.05) is 5.56 Å². The molecule has 0 bridgehead atoms. The fourth-order valence-electron chi connectivity index (χ4n) is 2.47. The van der Waals surface area contributed by atoms with Gasteiger partial charge in [-0.25, -0.2) is 8.78 Å². The molecule has 0 spiro atoms. The summed E-state index contributed by atoms with van der Waals surface area (Å²) in [6, 6.07) is 15.3. The average Bonchev–Trinajstić information content (AvgIpc) is 3.17. The van der Waals surface area contributed by atoms with E-state index in [2.05, 4.69) is 10.2 Å². The molecule has 0 saturated carbocycles. The monoisotopic (exact) mass is 418 g/mol. The van der Waals surface area contributed by atoms with Gasteiger partial charge in [-0.15, -0.1) is 10.2 Å². The number of halogens is 4. The fourth-order valence-corrected chi connectivity index (χ4v) is 2.93. The van der Waals surface area contributed by atoms with Crippen molar-refractivity contribution in [3.8, 4) is 34.4 Å². The number of hydrogen-bond donors (Lipinski definition) is 0. The van der Waals surface area contributed by atoms with Crippen molar-refractivity contribution in [1.82, 2.24) is 10.2 Å². The summed E-state index contributed by atoms with van der Waals surface area (Å²) in [5.41, 5.74) is 0.627. The van der Waals surface area contributed by atoms with Crippen LogP contribution in [-0.4, -0.2) is 10.2 Å². The summed E-state index contributed by atoms with van der Waals surface area (Å²) >= 11 is 11.8. The van der Waals surface area contributed by atoms with Crippen molar-refractivity contribution in [1.29, 1.82) is 0 Å². The van der Waals surface area contributed by atoms with Crippen LogP contribution in [0.1, 0.15) is 0 Å². The summed E-state index contributed by atoms with van der Waals surface area (Å²) in [4.78, 5) is 0. The normalized spacial score (nSPS) is 10.9. The van der Waals surface area contributed by atoms with Crippen LogP contribution in [0.15, 0.2) is 65.1 Å². The smallest absolute Gasteiger partial charge is 0.249 e. The van der Waals surface area contributed by atoms with Crippen molar-refractivity contribution in [3.05, 3.63) is 82.3 Å². The van der Waals surface area contributed by atoms with Crippen molar-refractivity contribution >= 4 is 23.2 Å². The lowest BCUT2D eigenvalue weighted by molar-refractivity contribution is 0.442. The van der Waals surface area contributed by atoms with Gasteiger partial charge in [0.25, 0.3) is 0 Å². The Hall–Kier alpha value is -2.96. The molecule has 0 radical (unpaired) electrons. The minimum absolute atomic E-state index is 0.000908. The number of hydrogen-bond acceptors (Lipinski definition) is 4. The molecule has 4 aromatic rings. The van der Waals surface area contributed by atoms with E-state index in [1.165, 1.54) is 24.3 Å². The zero-order chi connectivity index (χ0) is 19.7. The first kappa shape index (κ1) is 18.4. The van der Waals surface area contributed by atoms with Gasteiger partial charge in [0.05, 0.1) is 15.6 Å². The lowest BCUT2D eigenvalue weighted by atomic mass is 10.2. The zero-order valence-corrected chi connectivity index (χ0v) is 15.5. The third-order valence-corrected chi connectivity index (χ3v) is 4.42. The van der Waals surface area contributed by atoms with E-state index in [4.69, 9.17) is 32.4 Å². The number of para-hydroxylation sites is 1. The van der Waals surface area contributed by atoms with Crippen LogP contribution < -0.4 is 4.74 Å². The predicted molar refractivity (Wildman–Crippen MR) is 102 cm³/mol. The molecule has 0 unspecified atom stereocenters. The summed E-state index contributed by atoms with van der Waals surface area (Å²) in [5.74, 6) is -0.631. The van der Waals surface area contributed by atoms with Gasteiger partial charge < -0.3 is 9.15 Å². The summed E-state index contributed by atoms with van der Waals surface area (Å²) in [5, 5.41) is 7.86. The predicted octanol–water partition coefficient (Wildman–Crippen LogP) is 6.78. The van der Waals surface area contributed by atoms with Crippen LogP contribution in [0.5, 0.6) is 11.5 Å². The Kier molecular flexibility index (Phi) is 4.98. The number of aromatic nitrogens is 2. The molecule has 1 heterocycles. The molecular formula is C20H10Cl2F2N2O2. The number of ether oxygens (including phenoxy) is 1. The molecule has 0 aliphatic heterocycles. The maximum absolute atomic E-state index is 14.1. The van der Waals surface area contributed by atoms with Gasteiger partial charge in [-0.05, 0) is 42.5 Å². The van der Waals surface area contributed by atoms with Crippen LogP contribution in [0.3, 0.4) is 0 Å². The maximum Gasteiger partial charge on any atom is 0.249 e. The Morgan fingerprint density at radius 1 is 0.786 bits per heavy atom. The van der Waals surface area contributed by atoms with Crippen molar-refractivity contribution in [3.63, 3.8) is 0 Å². The molecule has 0 N–H and O–H groups in total. The molecule has 8 heteroatoms. The molecule has 1 aromatic heterocycles. The average molecular weight is 419 g/mol. The molecule has 0 amide bonds. The summed E-state index contributed by atoms with van der Waals surface area (Å²) in [7, 11) is 0. The first-order chi connectivity index (χ1) is 13.5. The second kappa shape index (κ2) is 7.58. The molecular weight excluding hydrogens is 409 g/mol. The van der Waals surface area contributed by atoms with Gasteiger partial charge in [0.2, 0.25) is 11.8 Å². The molecule has 140 valence electrons. The highest BCUT2D eigenvalue weighted by atomic mass is 35.5. The van der Waals surface area contributed by atoms with Crippen LogP contribution >= 0.6 is 23.2 Å². The van der Waals surface area contributed by atoms with Crippen LogP contribution in [0.4, 0.5) is 8.78 Å². The van der Waals surface area contributed by atoms with Crippen molar-refractivity contribution < 1.29 is 17.9 Å². The number of rotatable bonds is 4. The SMILES string of the molecule is Fc1cc(-c2nnc(-c3ccc(F)c(Oc4ccccc4)c3)o2)c(Cl)cc1Cl. The van der Waals surface area contributed by atoms with E-state index < -0.39 is 11.6 Å². The Labute approximate surface area is 168 Å². The highest BCUT2D eigenvalue weighted by Crippen LogP contribution is 2.34. The molecule has 28 heavy (non-hydrogen) atoms. The third-order valence-electron chi connectivity index (χ3n) is 3.81. The molecule has 4 nitrogen and oxygen atoms in total. The minimum atomic E-state index is -0.666. The zero-order valence-electron chi connectivity index (χ0n) is 14.0. The maximum atomic E-state index is 14.1. The summed E-state index contributed by atoms with van der Waals surface area (Å²) in [6.45, 7) is 0. The quantitative estimate of drug-likeness (QED) is 0.342. The van der Waals surface area contributed by atoms with Gasteiger partial charge in [-0.3, -0.25) is 0 Å².